The highest BCUT2D eigenvalue weighted by Gasteiger charge is 2.49. The van der Waals surface area contributed by atoms with Gasteiger partial charge in [-0.2, -0.15) is 0 Å². The lowest BCUT2D eigenvalue weighted by molar-refractivity contribution is -0.137. The van der Waals surface area contributed by atoms with Gasteiger partial charge in [0.2, 0.25) is 0 Å². The van der Waals surface area contributed by atoms with Crippen LogP contribution in [0.4, 0.5) is 0 Å². The molecule has 3 atom stereocenters. The summed E-state index contributed by atoms with van der Waals surface area (Å²) in [4.78, 5) is 23.9. The summed E-state index contributed by atoms with van der Waals surface area (Å²) in [7, 11) is -1.88. The first-order chi connectivity index (χ1) is 11.0. The minimum atomic E-state index is -1.88. The number of rotatable bonds is 5. The summed E-state index contributed by atoms with van der Waals surface area (Å²) in [5.74, 6) is 0.459. The third-order valence-electron chi connectivity index (χ3n) is 5.55. The number of allylic oxidation sites excluding steroid dienone is 1. The predicted octanol–water partition coefficient (Wildman–Crippen LogP) is 3.45. The Bertz CT molecular complexity index is 532. The van der Waals surface area contributed by atoms with E-state index in [1.807, 2.05) is 0 Å². The van der Waals surface area contributed by atoms with Gasteiger partial charge in [-0.15, -0.1) is 0 Å². The average molecular weight is 355 g/mol. The Kier molecular flexibility index (Phi) is 5.60. The Balaban J connectivity index is 2.00. The molecule has 0 aromatic heterocycles. The fraction of sp³-hybridized carbons (Fsp3) is 0.778. The maximum Gasteiger partial charge on any atom is 0.334 e. The normalized spacial score (nSPS) is 28.8. The van der Waals surface area contributed by atoms with Gasteiger partial charge in [0.1, 0.15) is 17.6 Å². The summed E-state index contributed by atoms with van der Waals surface area (Å²) >= 11 is 0. The van der Waals surface area contributed by atoms with Crippen LogP contribution < -0.4 is 0 Å². The molecule has 0 N–H and O–H groups in total. The van der Waals surface area contributed by atoms with Crippen LogP contribution in [-0.4, -0.2) is 39.4 Å². The second kappa shape index (κ2) is 7.00. The minimum Gasteiger partial charge on any atom is -0.494 e. The minimum absolute atomic E-state index is 0.114. The van der Waals surface area contributed by atoms with Gasteiger partial charge >= 0.3 is 5.97 Å². The number of hydrogen-bond donors (Lipinski definition) is 0. The molecule has 1 saturated carbocycles. The third-order valence-corrected chi connectivity index (χ3v) is 10.0. The van der Waals surface area contributed by atoms with Crippen LogP contribution in [0.25, 0.3) is 0 Å². The van der Waals surface area contributed by atoms with Crippen molar-refractivity contribution >= 4 is 20.1 Å². The van der Waals surface area contributed by atoms with Crippen LogP contribution in [0.5, 0.6) is 0 Å². The summed E-state index contributed by atoms with van der Waals surface area (Å²) in [5.41, 5.74) is 0. The van der Waals surface area contributed by atoms with E-state index in [-0.39, 0.29) is 34.7 Å². The molecule has 1 aliphatic heterocycles. The monoisotopic (exact) mass is 354 g/mol. The number of carbonyl (C=O) groups is 2. The van der Waals surface area contributed by atoms with Gasteiger partial charge in [-0.1, -0.05) is 20.8 Å². The van der Waals surface area contributed by atoms with Crippen molar-refractivity contribution in [3.05, 3.63) is 11.8 Å². The van der Waals surface area contributed by atoms with Gasteiger partial charge in [-0.05, 0) is 25.1 Å². The summed E-state index contributed by atoms with van der Waals surface area (Å²) in [5, 5.41) is 0.120. The molecule has 1 saturated heterocycles. The van der Waals surface area contributed by atoms with Crippen molar-refractivity contribution in [2.75, 3.05) is 13.2 Å². The molecule has 0 unspecified atom stereocenters. The van der Waals surface area contributed by atoms with Gasteiger partial charge < -0.3 is 13.9 Å². The number of ketones is 1. The van der Waals surface area contributed by atoms with Gasteiger partial charge in [0.15, 0.2) is 8.32 Å². The maximum absolute atomic E-state index is 12.3. The van der Waals surface area contributed by atoms with Crippen LogP contribution >= 0.6 is 0 Å². The van der Waals surface area contributed by atoms with E-state index in [1.54, 1.807) is 6.92 Å². The number of esters is 1. The van der Waals surface area contributed by atoms with Crippen molar-refractivity contribution in [1.82, 2.24) is 0 Å². The number of hydrogen-bond acceptors (Lipinski definition) is 5. The van der Waals surface area contributed by atoms with Crippen LogP contribution in [-0.2, 0) is 23.5 Å². The van der Waals surface area contributed by atoms with Crippen molar-refractivity contribution < 1.29 is 23.5 Å². The zero-order valence-electron chi connectivity index (χ0n) is 15.7. The molecule has 2 rings (SSSR count). The van der Waals surface area contributed by atoms with Crippen molar-refractivity contribution in [3.8, 4) is 0 Å². The molecular formula is C18H30O5Si. The average Bonchev–Trinajstić information content (AvgIpc) is 2.92. The number of Topliss-reactive ketones (excluding diaryl/α,β-unsaturated/α-hetero) is 1. The van der Waals surface area contributed by atoms with E-state index in [9.17, 15) is 9.59 Å². The van der Waals surface area contributed by atoms with Gasteiger partial charge in [-0.3, -0.25) is 4.79 Å². The van der Waals surface area contributed by atoms with E-state index in [0.717, 1.165) is 0 Å². The van der Waals surface area contributed by atoms with Gasteiger partial charge in [-0.25, -0.2) is 4.79 Å². The number of carbonyl (C=O) groups excluding carboxylic acids is 2. The topological polar surface area (TPSA) is 61.8 Å². The molecular weight excluding hydrogens is 324 g/mol. The number of fused-ring (bicyclic) bond motifs is 1. The Morgan fingerprint density at radius 1 is 1.33 bits per heavy atom. The van der Waals surface area contributed by atoms with Crippen LogP contribution in [0, 0.1) is 11.8 Å². The standard InChI is InChI=1S/C18H30O5Si/c1-7-21-17(20)9-12-8-13-14(15(19)10-16(13)23-12)11-22-24(5,6)18(2,3)4/h9,13-14,16H,7-8,10-11H2,1-6H3/b12-9+/t13-,14-,16+/m1/s1. The van der Waals surface area contributed by atoms with E-state index in [2.05, 4.69) is 33.9 Å². The quantitative estimate of drug-likeness (QED) is 0.430. The highest BCUT2D eigenvalue weighted by Crippen LogP contribution is 2.44. The van der Waals surface area contributed by atoms with Crippen LogP contribution in [0.15, 0.2) is 11.8 Å². The fourth-order valence-electron chi connectivity index (χ4n) is 3.02. The molecule has 136 valence electrons. The largest absolute Gasteiger partial charge is 0.494 e. The molecule has 0 spiro atoms. The molecule has 0 amide bonds. The highest BCUT2D eigenvalue weighted by molar-refractivity contribution is 6.74. The predicted molar refractivity (Wildman–Crippen MR) is 94.0 cm³/mol. The van der Waals surface area contributed by atoms with Gasteiger partial charge in [0.25, 0.3) is 0 Å². The molecule has 24 heavy (non-hydrogen) atoms. The molecule has 1 heterocycles. The van der Waals surface area contributed by atoms with E-state index >= 15 is 0 Å². The smallest absolute Gasteiger partial charge is 0.334 e. The summed E-state index contributed by atoms with van der Waals surface area (Å²) in [6, 6.07) is 0. The lowest BCUT2D eigenvalue weighted by Gasteiger charge is -2.37. The van der Waals surface area contributed by atoms with Crippen molar-refractivity contribution in [2.45, 2.75) is 64.8 Å². The SMILES string of the molecule is CCOC(=O)/C=C1\C[C@H]2[C@H](CC(=O)[C@@H]2CO[Si](C)(C)C(C)(C)C)O1. The highest BCUT2D eigenvalue weighted by atomic mass is 28.4. The summed E-state index contributed by atoms with van der Waals surface area (Å²) < 4.78 is 17.0. The van der Waals surface area contributed by atoms with Crippen molar-refractivity contribution in [1.29, 1.82) is 0 Å². The second-order valence-corrected chi connectivity index (χ2v) is 13.0. The lowest BCUT2D eigenvalue weighted by atomic mass is 9.93. The zero-order valence-corrected chi connectivity index (χ0v) is 16.7. The Morgan fingerprint density at radius 3 is 2.58 bits per heavy atom. The molecule has 0 bridgehead atoms. The Hall–Kier alpha value is -1.14. The molecule has 2 fully saturated rings. The maximum atomic E-state index is 12.3. The van der Waals surface area contributed by atoms with Crippen molar-refractivity contribution in [3.63, 3.8) is 0 Å². The van der Waals surface area contributed by atoms with Crippen molar-refractivity contribution in [2.24, 2.45) is 11.8 Å². The van der Waals surface area contributed by atoms with Crippen LogP contribution in [0.1, 0.15) is 40.5 Å². The van der Waals surface area contributed by atoms with E-state index < -0.39 is 8.32 Å². The summed E-state index contributed by atoms with van der Waals surface area (Å²) in [6.45, 7) is 13.5. The van der Waals surface area contributed by atoms with Crippen LogP contribution in [0.2, 0.25) is 18.1 Å². The van der Waals surface area contributed by atoms with E-state index in [1.165, 1.54) is 6.08 Å². The molecule has 6 heteroatoms. The van der Waals surface area contributed by atoms with Crippen LogP contribution in [0.3, 0.4) is 0 Å². The van der Waals surface area contributed by atoms with Gasteiger partial charge in [0.05, 0.1) is 12.7 Å². The second-order valence-electron chi connectivity index (χ2n) is 8.24. The molecule has 5 nitrogen and oxygen atoms in total. The van der Waals surface area contributed by atoms with E-state index in [0.29, 0.717) is 31.8 Å². The van der Waals surface area contributed by atoms with Gasteiger partial charge in [0, 0.05) is 31.3 Å². The third kappa shape index (κ3) is 4.09. The first-order valence-corrected chi connectivity index (χ1v) is 11.7. The zero-order chi connectivity index (χ0) is 18.1. The molecule has 1 aliphatic carbocycles. The lowest BCUT2D eigenvalue weighted by Crippen LogP contribution is -2.42. The number of ether oxygens (including phenoxy) is 2. The summed E-state index contributed by atoms with van der Waals surface area (Å²) in [6.07, 6.45) is 2.32. The first-order valence-electron chi connectivity index (χ1n) is 8.76. The Labute approximate surface area is 145 Å². The van der Waals surface area contributed by atoms with E-state index in [4.69, 9.17) is 13.9 Å². The molecule has 2 aliphatic rings. The molecule has 0 aromatic rings. The fourth-order valence-corrected chi connectivity index (χ4v) is 4.05. The Morgan fingerprint density at radius 2 is 2.00 bits per heavy atom. The molecule has 0 aromatic carbocycles. The first kappa shape index (κ1) is 19.2. The molecule has 0 radical (unpaired) electrons.